The molecule has 0 atom stereocenters. The Hall–Kier alpha value is -2.65. The zero-order chi connectivity index (χ0) is 18.9. The van der Waals surface area contributed by atoms with Crippen LogP contribution in [0.5, 0.6) is 0 Å². The molecule has 8 nitrogen and oxygen atoms in total. The Morgan fingerprint density at radius 3 is 2.56 bits per heavy atom. The third kappa shape index (κ3) is 3.47. The summed E-state index contributed by atoms with van der Waals surface area (Å²) in [6.07, 6.45) is 7.28. The molecule has 1 amide bonds. The lowest BCUT2D eigenvalue weighted by molar-refractivity contribution is 0.0952. The summed E-state index contributed by atoms with van der Waals surface area (Å²) < 4.78 is 30.3. The van der Waals surface area contributed by atoms with Crippen LogP contribution < -0.4 is 5.32 Å². The van der Waals surface area contributed by atoms with Gasteiger partial charge in [-0.1, -0.05) is 0 Å². The molecule has 142 valence electrons. The van der Waals surface area contributed by atoms with Gasteiger partial charge in [-0.25, -0.2) is 12.9 Å². The third-order valence-electron chi connectivity index (χ3n) is 4.79. The number of sulfonamides is 1. The highest BCUT2D eigenvalue weighted by molar-refractivity contribution is 7.89. The Morgan fingerprint density at radius 2 is 1.81 bits per heavy atom. The van der Waals surface area contributed by atoms with Crippen LogP contribution in [0.25, 0.3) is 5.65 Å². The fourth-order valence-electron chi connectivity index (χ4n) is 3.31. The molecule has 1 fully saturated rings. The first-order chi connectivity index (χ1) is 13.1. The van der Waals surface area contributed by atoms with Gasteiger partial charge in [0.15, 0.2) is 0 Å². The highest BCUT2D eigenvalue weighted by Gasteiger charge is 2.27. The number of carbonyl (C=O) groups excluding carboxylic acids is 1. The number of imidazole rings is 1. The van der Waals surface area contributed by atoms with Crippen molar-refractivity contribution in [3.8, 4) is 0 Å². The number of amides is 1. The van der Waals surface area contributed by atoms with Crippen LogP contribution in [0.15, 0.2) is 53.8 Å². The average molecular weight is 387 g/mol. The molecule has 4 rings (SSSR count). The maximum absolute atomic E-state index is 12.5. The van der Waals surface area contributed by atoms with Crippen molar-refractivity contribution >= 4 is 21.6 Å². The van der Waals surface area contributed by atoms with Crippen molar-refractivity contribution in [2.45, 2.75) is 24.3 Å². The van der Waals surface area contributed by atoms with Crippen LogP contribution in [-0.2, 0) is 16.6 Å². The molecule has 1 aliphatic heterocycles. The van der Waals surface area contributed by atoms with Gasteiger partial charge in [0.25, 0.3) is 5.91 Å². The van der Waals surface area contributed by atoms with Crippen molar-refractivity contribution in [3.63, 3.8) is 0 Å². The van der Waals surface area contributed by atoms with Crippen molar-refractivity contribution in [1.82, 2.24) is 23.8 Å². The molecule has 3 aromatic rings. The zero-order valence-electron chi connectivity index (χ0n) is 14.8. The Labute approximate surface area is 157 Å². The van der Waals surface area contributed by atoms with Gasteiger partial charge >= 0.3 is 0 Å². The van der Waals surface area contributed by atoms with Gasteiger partial charge in [0.2, 0.25) is 10.0 Å². The van der Waals surface area contributed by atoms with E-state index in [4.69, 9.17) is 0 Å². The van der Waals surface area contributed by atoms with Gasteiger partial charge in [-0.15, -0.1) is 0 Å². The number of nitrogens with one attached hydrogen (secondary N) is 1. The monoisotopic (exact) mass is 387 g/mol. The van der Waals surface area contributed by atoms with Crippen LogP contribution in [-0.4, -0.2) is 52.4 Å². The molecule has 2 aromatic heterocycles. The fraction of sp³-hybridized carbons (Fsp3) is 0.333. The van der Waals surface area contributed by atoms with Gasteiger partial charge in [-0.05, 0) is 37.1 Å². The van der Waals surface area contributed by atoms with E-state index in [2.05, 4.69) is 10.4 Å². The molecular formula is C18H21N5O3S. The first-order valence-electron chi connectivity index (χ1n) is 8.92. The lowest BCUT2D eigenvalue weighted by Crippen LogP contribution is -2.28. The minimum atomic E-state index is -3.45. The molecule has 27 heavy (non-hydrogen) atoms. The second kappa shape index (κ2) is 7.16. The smallest absolute Gasteiger partial charge is 0.251 e. The van der Waals surface area contributed by atoms with Crippen molar-refractivity contribution in [2.24, 2.45) is 0 Å². The SMILES string of the molecule is O=C(NCCn1ccn2nccc12)c1ccc(S(=O)(=O)N2CCCC2)cc1. The topological polar surface area (TPSA) is 88.7 Å². The number of rotatable bonds is 6. The summed E-state index contributed by atoms with van der Waals surface area (Å²) in [6.45, 7) is 2.21. The van der Waals surface area contributed by atoms with Gasteiger partial charge in [-0.3, -0.25) is 4.79 Å². The molecule has 1 saturated heterocycles. The van der Waals surface area contributed by atoms with E-state index >= 15 is 0 Å². The van der Waals surface area contributed by atoms with Crippen LogP contribution in [0, 0.1) is 0 Å². The molecular weight excluding hydrogens is 366 g/mol. The van der Waals surface area contributed by atoms with Gasteiger partial charge in [0.05, 0.1) is 11.1 Å². The van der Waals surface area contributed by atoms with Gasteiger partial charge in [0.1, 0.15) is 5.65 Å². The highest BCUT2D eigenvalue weighted by Crippen LogP contribution is 2.21. The number of nitrogens with zero attached hydrogens (tertiary/aromatic N) is 4. The molecule has 1 N–H and O–H groups in total. The number of benzene rings is 1. The molecule has 1 aromatic carbocycles. The Balaban J connectivity index is 1.37. The lowest BCUT2D eigenvalue weighted by Gasteiger charge is -2.15. The second-order valence-corrected chi connectivity index (χ2v) is 8.45. The number of hydrogen-bond donors (Lipinski definition) is 1. The second-order valence-electron chi connectivity index (χ2n) is 6.52. The quantitative estimate of drug-likeness (QED) is 0.691. The number of aromatic nitrogens is 3. The van der Waals surface area contributed by atoms with Crippen molar-refractivity contribution in [3.05, 3.63) is 54.5 Å². The third-order valence-corrected chi connectivity index (χ3v) is 6.70. The van der Waals surface area contributed by atoms with Crippen LogP contribution in [0.1, 0.15) is 23.2 Å². The minimum Gasteiger partial charge on any atom is -0.350 e. The molecule has 0 bridgehead atoms. The Kier molecular flexibility index (Phi) is 4.71. The van der Waals surface area contributed by atoms with Crippen molar-refractivity contribution in [1.29, 1.82) is 0 Å². The van der Waals surface area contributed by atoms with Gasteiger partial charge in [0, 0.05) is 50.2 Å². The summed E-state index contributed by atoms with van der Waals surface area (Å²) >= 11 is 0. The Morgan fingerprint density at radius 1 is 1.07 bits per heavy atom. The van der Waals surface area contributed by atoms with E-state index in [1.807, 2.05) is 23.0 Å². The van der Waals surface area contributed by atoms with Crippen LogP contribution in [0.3, 0.4) is 0 Å². The largest absolute Gasteiger partial charge is 0.350 e. The minimum absolute atomic E-state index is 0.225. The summed E-state index contributed by atoms with van der Waals surface area (Å²) in [6, 6.07) is 8.03. The Bertz CT molecular complexity index is 1050. The highest BCUT2D eigenvalue weighted by atomic mass is 32.2. The number of carbonyl (C=O) groups is 1. The maximum Gasteiger partial charge on any atom is 0.251 e. The molecule has 1 aliphatic rings. The molecule has 3 heterocycles. The van der Waals surface area contributed by atoms with Crippen molar-refractivity contribution in [2.75, 3.05) is 19.6 Å². The summed E-state index contributed by atoms with van der Waals surface area (Å²) in [4.78, 5) is 12.5. The van der Waals surface area contributed by atoms with Crippen LogP contribution in [0.2, 0.25) is 0 Å². The van der Waals surface area contributed by atoms with E-state index in [0.717, 1.165) is 18.5 Å². The predicted octanol–water partition coefficient (Wildman–Crippen LogP) is 1.35. The predicted molar refractivity (Wildman–Crippen MR) is 100.0 cm³/mol. The first-order valence-corrected chi connectivity index (χ1v) is 10.4. The normalized spacial score (nSPS) is 15.4. The molecule has 0 radical (unpaired) electrons. The van der Waals surface area contributed by atoms with Crippen LogP contribution in [0.4, 0.5) is 0 Å². The lowest BCUT2D eigenvalue weighted by atomic mass is 10.2. The summed E-state index contributed by atoms with van der Waals surface area (Å²) in [7, 11) is -3.45. The van der Waals surface area contributed by atoms with E-state index in [0.29, 0.717) is 31.7 Å². The fourth-order valence-corrected chi connectivity index (χ4v) is 4.82. The number of hydrogen-bond acceptors (Lipinski definition) is 4. The van der Waals surface area contributed by atoms with Crippen LogP contribution >= 0.6 is 0 Å². The first kappa shape index (κ1) is 17.7. The van der Waals surface area contributed by atoms with E-state index in [1.165, 1.54) is 16.4 Å². The van der Waals surface area contributed by atoms with Crippen molar-refractivity contribution < 1.29 is 13.2 Å². The average Bonchev–Trinajstić information content (AvgIpc) is 3.41. The van der Waals surface area contributed by atoms with E-state index in [1.54, 1.807) is 22.8 Å². The molecule has 0 saturated carbocycles. The van der Waals surface area contributed by atoms with Gasteiger partial charge in [-0.2, -0.15) is 9.40 Å². The summed E-state index contributed by atoms with van der Waals surface area (Å²) in [5.41, 5.74) is 1.40. The molecule has 9 heteroatoms. The molecule has 0 unspecified atom stereocenters. The maximum atomic E-state index is 12.5. The van der Waals surface area contributed by atoms with Gasteiger partial charge < -0.3 is 9.88 Å². The zero-order valence-corrected chi connectivity index (χ0v) is 15.6. The summed E-state index contributed by atoms with van der Waals surface area (Å²) in [5.74, 6) is -0.225. The summed E-state index contributed by atoms with van der Waals surface area (Å²) in [5, 5.41) is 7.00. The van der Waals surface area contributed by atoms with E-state index < -0.39 is 10.0 Å². The standard InChI is InChI=1S/C18H21N5O3S/c24-18(19-9-12-21-13-14-23-17(21)7-8-20-23)15-3-5-16(6-4-15)27(25,26)22-10-1-2-11-22/h3-8,13-14H,1-2,9-12H2,(H,19,24). The molecule has 0 spiro atoms. The van der Waals surface area contributed by atoms with E-state index in [-0.39, 0.29) is 10.8 Å². The molecule has 0 aliphatic carbocycles. The van der Waals surface area contributed by atoms with E-state index in [9.17, 15) is 13.2 Å². The number of fused-ring (bicyclic) bond motifs is 1.